The molecule has 0 saturated carbocycles. The summed E-state index contributed by atoms with van der Waals surface area (Å²) >= 11 is 1.76. The first-order valence-electron chi connectivity index (χ1n) is 8.88. The number of hydrogen-bond acceptors (Lipinski definition) is 4. The van der Waals surface area contributed by atoms with E-state index >= 15 is 0 Å². The highest BCUT2D eigenvalue weighted by atomic mass is 32.1. The molecule has 6 heteroatoms. The fourth-order valence-corrected chi connectivity index (χ4v) is 4.44. The molecule has 5 rings (SSSR count). The van der Waals surface area contributed by atoms with E-state index in [0.717, 1.165) is 45.3 Å². The van der Waals surface area contributed by atoms with Crippen LogP contribution in [0.1, 0.15) is 16.3 Å². The number of fused-ring (bicyclic) bond motifs is 2. The average molecular weight is 373 g/mol. The third-order valence-electron chi connectivity index (χ3n) is 4.97. The van der Waals surface area contributed by atoms with Crippen LogP contribution in [0, 0.1) is 13.8 Å². The second-order valence-corrected chi connectivity index (χ2v) is 8.06. The largest absolute Gasteiger partial charge is 0.347 e. The minimum Gasteiger partial charge on any atom is -0.347 e. The van der Waals surface area contributed by atoms with Crippen LogP contribution >= 0.6 is 11.3 Å². The Bertz CT molecular complexity index is 1240. The molecule has 3 aromatic rings. The summed E-state index contributed by atoms with van der Waals surface area (Å²) in [7, 11) is 1.95. The number of hydrogen-bond donors (Lipinski definition) is 0. The standard InChI is InChI=1S/C21H19N5S/c1-13-4-5-18-20(8-13)27-21(24-18)12-26-7-6-17-15(11-26)9-19(23-17)16-10-22-25(3)14(16)2/h4-11H,12H2,1-3H3. The van der Waals surface area contributed by atoms with Crippen LogP contribution < -0.4 is 0 Å². The number of pyridine rings is 1. The number of benzene rings is 1. The molecule has 2 aliphatic rings. The average Bonchev–Trinajstić information content (AvgIpc) is 3.32. The maximum atomic E-state index is 4.77. The molecule has 0 saturated heterocycles. The van der Waals surface area contributed by atoms with E-state index in [0.29, 0.717) is 0 Å². The predicted octanol–water partition coefficient (Wildman–Crippen LogP) is 4.66. The Morgan fingerprint density at radius 1 is 1.04 bits per heavy atom. The summed E-state index contributed by atoms with van der Waals surface area (Å²) in [5.74, 6) is 0. The Balaban J connectivity index is 1.49. The summed E-state index contributed by atoms with van der Waals surface area (Å²) in [5.41, 5.74) is 7.66. The van der Waals surface area contributed by atoms with E-state index in [9.17, 15) is 0 Å². The molecule has 4 heterocycles. The first kappa shape index (κ1) is 16.2. The minimum atomic E-state index is 0.765. The van der Waals surface area contributed by atoms with Gasteiger partial charge in [0.25, 0.3) is 0 Å². The molecule has 0 atom stereocenters. The lowest BCUT2D eigenvalue weighted by Crippen LogP contribution is -1.99. The molecule has 2 aromatic heterocycles. The second kappa shape index (κ2) is 6.03. The van der Waals surface area contributed by atoms with E-state index < -0.39 is 0 Å². The summed E-state index contributed by atoms with van der Waals surface area (Å²) in [6, 6.07) is 10.6. The van der Waals surface area contributed by atoms with Crippen molar-refractivity contribution in [3.63, 3.8) is 0 Å². The number of aryl methyl sites for hydroxylation is 2. The SMILES string of the molecule is Cc1ccc2nc(Cn3ccc4nc(-c5cnn(C)c5C)cc-4c3)sc2c1. The van der Waals surface area contributed by atoms with Gasteiger partial charge in [-0.25, -0.2) is 9.97 Å². The maximum Gasteiger partial charge on any atom is 0.114 e. The van der Waals surface area contributed by atoms with E-state index in [1.54, 1.807) is 11.3 Å². The van der Waals surface area contributed by atoms with Gasteiger partial charge < -0.3 is 4.57 Å². The van der Waals surface area contributed by atoms with Crippen LogP contribution in [0.2, 0.25) is 0 Å². The van der Waals surface area contributed by atoms with Crippen molar-refractivity contribution in [2.75, 3.05) is 0 Å². The van der Waals surface area contributed by atoms with Crippen LogP contribution in [0.4, 0.5) is 0 Å². The highest BCUT2D eigenvalue weighted by Gasteiger charge is 2.15. The molecule has 0 N–H and O–H groups in total. The van der Waals surface area contributed by atoms with Gasteiger partial charge >= 0.3 is 0 Å². The van der Waals surface area contributed by atoms with Gasteiger partial charge in [0.1, 0.15) is 5.01 Å². The van der Waals surface area contributed by atoms with E-state index in [4.69, 9.17) is 9.97 Å². The summed E-state index contributed by atoms with van der Waals surface area (Å²) in [6.07, 6.45) is 6.11. The molecule has 0 fully saturated rings. The lowest BCUT2D eigenvalue weighted by Gasteiger charge is -2.06. The van der Waals surface area contributed by atoms with Crippen molar-refractivity contribution >= 4 is 21.6 Å². The molecule has 5 nitrogen and oxygen atoms in total. The highest BCUT2D eigenvalue weighted by Crippen LogP contribution is 2.30. The molecule has 134 valence electrons. The first-order chi connectivity index (χ1) is 13.1. The zero-order chi connectivity index (χ0) is 18.5. The molecule has 2 aliphatic heterocycles. The number of thiazole rings is 1. The predicted molar refractivity (Wildman–Crippen MR) is 109 cm³/mol. The maximum absolute atomic E-state index is 4.77. The Hall–Kier alpha value is -2.99. The van der Waals surface area contributed by atoms with Gasteiger partial charge in [-0.05, 0) is 43.7 Å². The number of aromatic nitrogens is 5. The Kier molecular flexibility index (Phi) is 3.62. The van der Waals surface area contributed by atoms with Crippen LogP contribution in [0.15, 0.2) is 48.9 Å². The second-order valence-electron chi connectivity index (χ2n) is 6.95. The van der Waals surface area contributed by atoms with Crippen LogP contribution in [0.25, 0.3) is 32.7 Å². The van der Waals surface area contributed by atoms with E-state index in [1.807, 2.05) is 17.9 Å². The van der Waals surface area contributed by atoms with Crippen molar-refractivity contribution in [1.29, 1.82) is 0 Å². The Labute approximate surface area is 161 Å². The normalized spacial score (nSPS) is 11.7. The fraction of sp³-hybridized carbons (Fsp3) is 0.190. The number of nitrogens with zero attached hydrogens (tertiary/aromatic N) is 5. The smallest absolute Gasteiger partial charge is 0.114 e. The van der Waals surface area contributed by atoms with E-state index in [2.05, 4.69) is 66.2 Å². The lowest BCUT2D eigenvalue weighted by molar-refractivity contribution is 0.740. The van der Waals surface area contributed by atoms with Crippen LogP contribution in [0.3, 0.4) is 0 Å². The van der Waals surface area contributed by atoms with Crippen LogP contribution in [-0.2, 0) is 13.6 Å². The Morgan fingerprint density at radius 2 is 1.93 bits per heavy atom. The summed E-state index contributed by atoms with van der Waals surface area (Å²) < 4.78 is 5.30. The van der Waals surface area contributed by atoms with Gasteiger partial charge in [0, 0.05) is 36.3 Å². The van der Waals surface area contributed by atoms with Gasteiger partial charge in [0.05, 0.1) is 34.3 Å². The molecule has 0 unspecified atom stereocenters. The van der Waals surface area contributed by atoms with Crippen molar-refractivity contribution in [1.82, 2.24) is 24.3 Å². The quantitative estimate of drug-likeness (QED) is 0.462. The fourth-order valence-electron chi connectivity index (χ4n) is 3.36. The molecular formula is C21H19N5S. The molecule has 27 heavy (non-hydrogen) atoms. The minimum absolute atomic E-state index is 0.765. The lowest BCUT2D eigenvalue weighted by atomic mass is 10.1. The van der Waals surface area contributed by atoms with Gasteiger partial charge in [-0.3, -0.25) is 4.68 Å². The topological polar surface area (TPSA) is 48.5 Å². The van der Waals surface area contributed by atoms with Gasteiger partial charge in [-0.2, -0.15) is 5.10 Å². The first-order valence-corrected chi connectivity index (χ1v) is 9.70. The third-order valence-corrected chi connectivity index (χ3v) is 5.98. The van der Waals surface area contributed by atoms with Crippen molar-refractivity contribution in [2.24, 2.45) is 7.05 Å². The van der Waals surface area contributed by atoms with Crippen LogP contribution in [0.5, 0.6) is 0 Å². The monoisotopic (exact) mass is 373 g/mol. The molecule has 0 bridgehead atoms. The molecular weight excluding hydrogens is 354 g/mol. The van der Waals surface area contributed by atoms with Crippen molar-refractivity contribution in [3.05, 3.63) is 65.2 Å². The zero-order valence-electron chi connectivity index (χ0n) is 15.5. The van der Waals surface area contributed by atoms with Crippen molar-refractivity contribution < 1.29 is 0 Å². The summed E-state index contributed by atoms with van der Waals surface area (Å²) in [6.45, 7) is 4.95. The van der Waals surface area contributed by atoms with Gasteiger partial charge in [0.2, 0.25) is 0 Å². The molecule has 0 radical (unpaired) electrons. The Morgan fingerprint density at radius 3 is 2.74 bits per heavy atom. The van der Waals surface area contributed by atoms with Crippen molar-refractivity contribution in [3.8, 4) is 22.5 Å². The van der Waals surface area contributed by atoms with Crippen molar-refractivity contribution in [2.45, 2.75) is 20.4 Å². The molecule has 0 aliphatic carbocycles. The molecule has 1 aromatic carbocycles. The van der Waals surface area contributed by atoms with E-state index in [-0.39, 0.29) is 0 Å². The summed E-state index contributed by atoms with van der Waals surface area (Å²) in [4.78, 5) is 9.54. The number of rotatable bonds is 3. The molecule has 0 spiro atoms. The van der Waals surface area contributed by atoms with Gasteiger partial charge in [0.15, 0.2) is 0 Å². The highest BCUT2D eigenvalue weighted by molar-refractivity contribution is 7.18. The van der Waals surface area contributed by atoms with E-state index in [1.165, 1.54) is 10.3 Å². The van der Waals surface area contributed by atoms with Gasteiger partial charge in [-0.15, -0.1) is 11.3 Å². The zero-order valence-corrected chi connectivity index (χ0v) is 16.3. The summed E-state index contributed by atoms with van der Waals surface area (Å²) in [5, 5.41) is 5.44. The molecule has 0 amide bonds. The van der Waals surface area contributed by atoms with Crippen LogP contribution in [-0.4, -0.2) is 24.3 Å². The van der Waals surface area contributed by atoms with Gasteiger partial charge in [-0.1, -0.05) is 6.07 Å². The third kappa shape index (κ3) is 2.82.